The molecule has 88 valence electrons. The molecule has 6 heteroatoms. The summed E-state index contributed by atoms with van der Waals surface area (Å²) in [6, 6.07) is 4.73. The van der Waals surface area contributed by atoms with E-state index in [1.54, 1.807) is 12.1 Å². The summed E-state index contributed by atoms with van der Waals surface area (Å²) in [5.41, 5.74) is 6.49. The van der Waals surface area contributed by atoms with Crippen molar-refractivity contribution in [3.63, 3.8) is 0 Å². The lowest BCUT2D eigenvalue weighted by molar-refractivity contribution is 0.0693. The average Bonchev–Trinajstić information content (AvgIpc) is 2.75. The van der Waals surface area contributed by atoms with Gasteiger partial charge < -0.3 is 20.0 Å². The van der Waals surface area contributed by atoms with E-state index < -0.39 is 5.97 Å². The molecule has 1 aromatic carbocycles. The predicted molar refractivity (Wildman–Crippen MR) is 59.9 cm³/mol. The van der Waals surface area contributed by atoms with Crippen LogP contribution in [0.4, 0.5) is 6.01 Å². The Hall–Kier alpha value is -2.50. The molecule has 0 aliphatic heterocycles. The van der Waals surface area contributed by atoms with Crippen LogP contribution < -0.4 is 10.5 Å². The summed E-state index contributed by atoms with van der Waals surface area (Å²) in [5.74, 6) is -0.780. The third-order valence-electron chi connectivity index (χ3n) is 2.25. The van der Waals surface area contributed by atoms with Crippen LogP contribution in [-0.4, -0.2) is 23.2 Å². The maximum absolute atomic E-state index is 11.0. The third kappa shape index (κ3) is 2.05. The monoisotopic (exact) mass is 234 g/mol. The maximum atomic E-state index is 11.0. The molecule has 0 fully saturated rings. The summed E-state index contributed by atoms with van der Waals surface area (Å²) in [6.07, 6.45) is 1.36. The van der Waals surface area contributed by atoms with Crippen molar-refractivity contribution in [2.75, 3.05) is 12.8 Å². The molecule has 0 unspecified atom stereocenters. The number of carboxylic acids is 1. The number of nitrogens with two attached hydrogens (primary N) is 1. The van der Waals surface area contributed by atoms with Gasteiger partial charge in [0.2, 0.25) is 0 Å². The van der Waals surface area contributed by atoms with Crippen molar-refractivity contribution in [2.45, 2.75) is 0 Å². The second-order valence-corrected chi connectivity index (χ2v) is 3.29. The van der Waals surface area contributed by atoms with Crippen molar-refractivity contribution in [1.82, 2.24) is 4.98 Å². The summed E-state index contributed by atoms with van der Waals surface area (Å²) in [7, 11) is 1.41. The third-order valence-corrected chi connectivity index (χ3v) is 2.25. The van der Waals surface area contributed by atoms with Crippen LogP contribution in [0.5, 0.6) is 5.75 Å². The van der Waals surface area contributed by atoms with Crippen LogP contribution in [0.1, 0.15) is 10.4 Å². The number of nitrogens with zero attached hydrogens (tertiary/aromatic N) is 1. The number of carboxylic acid groups (broad SMARTS) is 1. The Morgan fingerprint density at radius 2 is 2.29 bits per heavy atom. The van der Waals surface area contributed by atoms with E-state index in [1.165, 1.54) is 19.4 Å². The molecule has 0 radical (unpaired) electrons. The molecule has 0 amide bonds. The molecule has 0 aliphatic carbocycles. The smallest absolute Gasteiger partial charge is 0.339 e. The van der Waals surface area contributed by atoms with E-state index in [2.05, 4.69) is 4.98 Å². The SMILES string of the molecule is COc1ccc(-c2coc(N)n2)cc1C(=O)O. The summed E-state index contributed by atoms with van der Waals surface area (Å²) in [5, 5.41) is 9.02. The van der Waals surface area contributed by atoms with Crippen molar-refractivity contribution >= 4 is 12.0 Å². The van der Waals surface area contributed by atoms with Crippen LogP contribution in [0.2, 0.25) is 0 Å². The van der Waals surface area contributed by atoms with Gasteiger partial charge >= 0.3 is 5.97 Å². The molecule has 2 aromatic rings. The van der Waals surface area contributed by atoms with Crippen LogP contribution in [0.3, 0.4) is 0 Å². The Kier molecular flexibility index (Phi) is 2.70. The highest BCUT2D eigenvalue weighted by Gasteiger charge is 2.13. The van der Waals surface area contributed by atoms with Gasteiger partial charge in [0.15, 0.2) is 0 Å². The van der Waals surface area contributed by atoms with E-state index in [1.807, 2.05) is 0 Å². The number of rotatable bonds is 3. The number of hydrogen-bond acceptors (Lipinski definition) is 5. The van der Waals surface area contributed by atoms with Crippen LogP contribution in [0.15, 0.2) is 28.9 Å². The second-order valence-electron chi connectivity index (χ2n) is 3.29. The zero-order valence-corrected chi connectivity index (χ0v) is 9.01. The zero-order chi connectivity index (χ0) is 12.4. The highest BCUT2D eigenvalue weighted by molar-refractivity contribution is 5.92. The lowest BCUT2D eigenvalue weighted by Gasteiger charge is -2.05. The zero-order valence-electron chi connectivity index (χ0n) is 9.01. The highest BCUT2D eigenvalue weighted by Crippen LogP contribution is 2.26. The maximum Gasteiger partial charge on any atom is 0.339 e. The Bertz CT molecular complexity index is 562. The van der Waals surface area contributed by atoms with Gasteiger partial charge in [0.05, 0.1) is 7.11 Å². The van der Waals surface area contributed by atoms with Crippen molar-refractivity contribution in [2.24, 2.45) is 0 Å². The van der Waals surface area contributed by atoms with Crippen molar-refractivity contribution < 1.29 is 19.1 Å². The van der Waals surface area contributed by atoms with E-state index in [9.17, 15) is 4.79 Å². The summed E-state index contributed by atoms with van der Waals surface area (Å²) in [6.45, 7) is 0. The summed E-state index contributed by atoms with van der Waals surface area (Å²) in [4.78, 5) is 14.9. The van der Waals surface area contributed by atoms with Gasteiger partial charge in [-0.25, -0.2) is 4.79 Å². The molecule has 2 rings (SSSR count). The number of aromatic nitrogens is 1. The van der Waals surface area contributed by atoms with Crippen LogP contribution >= 0.6 is 0 Å². The molecule has 0 aliphatic rings. The summed E-state index contributed by atoms with van der Waals surface area (Å²) < 4.78 is 9.82. The van der Waals surface area contributed by atoms with Crippen LogP contribution in [0.25, 0.3) is 11.3 Å². The van der Waals surface area contributed by atoms with Gasteiger partial charge in [0.25, 0.3) is 6.01 Å². The lowest BCUT2D eigenvalue weighted by Crippen LogP contribution is -2.00. The van der Waals surface area contributed by atoms with Gasteiger partial charge in [0, 0.05) is 5.56 Å². The van der Waals surface area contributed by atoms with Gasteiger partial charge in [-0.05, 0) is 18.2 Å². The van der Waals surface area contributed by atoms with E-state index >= 15 is 0 Å². The van der Waals surface area contributed by atoms with Gasteiger partial charge in [-0.2, -0.15) is 4.98 Å². The van der Waals surface area contributed by atoms with Gasteiger partial charge in [-0.1, -0.05) is 0 Å². The highest BCUT2D eigenvalue weighted by atomic mass is 16.5. The Morgan fingerprint density at radius 1 is 1.53 bits per heavy atom. The first-order valence-electron chi connectivity index (χ1n) is 4.74. The number of methoxy groups -OCH3 is 1. The van der Waals surface area contributed by atoms with Crippen molar-refractivity contribution in [3.8, 4) is 17.0 Å². The fourth-order valence-corrected chi connectivity index (χ4v) is 1.45. The average molecular weight is 234 g/mol. The minimum Gasteiger partial charge on any atom is -0.496 e. The summed E-state index contributed by atoms with van der Waals surface area (Å²) >= 11 is 0. The molecule has 0 atom stereocenters. The van der Waals surface area contributed by atoms with E-state index in [0.29, 0.717) is 11.3 Å². The number of hydrogen-bond donors (Lipinski definition) is 2. The first-order valence-corrected chi connectivity index (χ1v) is 4.74. The number of aromatic carboxylic acids is 1. The molecule has 3 N–H and O–H groups in total. The second kappa shape index (κ2) is 4.17. The number of nitrogen functional groups attached to an aromatic ring is 1. The quantitative estimate of drug-likeness (QED) is 0.837. The first kappa shape index (κ1) is 11.0. The van der Waals surface area contributed by atoms with Crippen LogP contribution in [0, 0.1) is 0 Å². The number of oxazole rings is 1. The first-order chi connectivity index (χ1) is 8.11. The minimum atomic E-state index is -1.07. The van der Waals surface area contributed by atoms with Gasteiger partial charge in [0.1, 0.15) is 23.3 Å². The molecule has 6 nitrogen and oxygen atoms in total. The normalized spacial score (nSPS) is 10.2. The molecule has 0 bridgehead atoms. The molecule has 0 saturated heterocycles. The van der Waals surface area contributed by atoms with Crippen molar-refractivity contribution in [3.05, 3.63) is 30.0 Å². The molecule has 17 heavy (non-hydrogen) atoms. The van der Waals surface area contributed by atoms with Crippen LogP contribution in [-0.2, 0) is 0 Å². The number of ether oxygens (including phenoxy) is 1. The van der Waals surface area contributed by atoms with Gasteiger partial charge in [-0.3, -0.25) is 0 Å². The van der Waals surface area contributed by atoms with Gasteiger partial charge in [-0.15, -0.1) is 0 Å². The fourth-order valence-electron chi connectivity index (χ4n) is 1.45. The molecule has 1 heterocycles. The molecule has 0 spiro atoms. The Morgan fingerprint density at radius 3 is 2.82 bits per heavy atom. The number of carbonyl (C=O) groups is 1. The minimum absolute atomic E-state index is 0.0349. The molecule has 1 aromatic heterocycles. The Balaban J connectivity index is 2.50. The van der Waals surface area contributed by atoms with E-state index in [0.717, 1.165) is 0 Å². The topological polar surface area (TPSA) is 98.6 Å². The van der Waals surface area contributed by atoms with E-state index in [-0.39, 0.29) is 17.3 Å². The standard InChI is InChI=1S/C11H10N2O4/c1-16-9-3-2-6(4-7(9)10(14)15)8-5-17-11(12)13-8/h2-5H,1H3,(H2,12,13)(H,14,15). The molecular weight excluding hydrogens is 224 g/mol. The van der Waals surface area contributed by atoms with Crippen molar-refractivity contribution in [1.29, 1.82) is 0 Å². The number of anilines is 1. The predicted octanol–water partition coefficient (Wildman–Crippen LogP) is 1.63. The fraction of sp³-hybridized carbons (Fsp3) is 0.0909. The Labute approximate surface area is 96.6 Å². The number of benzene rings is 1. The molecule has 0 saturated carbocycles. The molecular formula is C11H10N2O4. The largest absolute Gasteiger partial charge is 0.496 e. The lowest BCUT2D eigenvalue weighted by atomic mass is 10.1. The van der Waals surface area contributed by atoms with E-state index in [4.69, 9.17) is 20.0 Å².